The van der Waals surface area contributed by atoms with E-state index in [0.29, 0.717) is 0 Å². The van der Waals surface area contributed by atoms with Crippen molar-refractivity contribution in [2.75, 3.05) is 0 Å². The van der Waals surface area contributed by atoms with Gasteiger partial charge in [-0.3, -0.25) is 14.4 Å². The summed E-state index contributed by atoms with van der Waals surface area (Å²) in [4.78, 5) is 35.8. The third-order valence-corrected chi connectivity index (χ3v) is 2.45. The molecule has 0 bridgehead atoms. The molecular weight excluding hydrogens is 287 g/mol. The zero-order valence-corrected chi connectivity index (χ0v) is 15.0. The molecule has 0 spiro atoms. The van der Waals surface area contributed by atoms with E-state index in [0.717, 1.165) is 0 Å². The Balaban J connectivity index is 5.12. The number of rotatable bonds is 3. The molecular formula is C15H27BO6-. The Morgan fingerprint density at radius 2 is 0.727 bits per heavy atom. The molecule has 6 nitrogen and oxygen atoms in total. The maximum Gasteiger partial charge on any atom is 0.526 e. The van der Waals surface area contributed by atoms with Gasteiger partial charge < -0.3 is 14.0 Å². The Bertz CT molecular complexity index is 370. The van der Waals surface area contributed by atoms with Gasteiger partial charge in [-0.2, -0.15) is 0 Å². The fourth-order valence-corrected chi connectivity index (χ4v) is 0.865. The van der Waals surface area contributed by atoms with Crippen LogP contribution < -0.4 is 0 Å². The Kier molecular flexibility index (Phi) is 6.24. The van der Waals surface area contributed by atoms with Crippen LogP contribution in [0, 0.1) is 16.2 Å². The summed E-state index contributed by atoms with van der Waals surface area (Å²) in [6.45, 7) is 14.8. The maximum atomic E-state index is 11.9. The van der Waals surface area contributed by atoms with Crippen LogP contribution in [0.3, 0.4) is 0 Å². The number of carbonyl (C=O) groups excluding carboxylic acids is 3. The Morgan fingerprint density at radius 1 is 0.545 bits per heavy atom. The van der Waals surface area contributed by atoms with Gasteiger partial charge in [0, 0.05) is 0 Å². The smallest absolute Gasteiger partial charge is 0.526 e. The first-order valence-electron chi connectivity index (χ1n) is 7.18. The predicted molar refractivity (Wildman–Crippen MR) is 82.4 cm³/mol. The lowest BCUT2D eigenvalue weighted by molar-refractivity contribution is -0.158. The van der Waals surface area contributed by atoms with Crippen LogP contribution >= 0.6 is 0 Å². The topological polar surface area (TPSA) is 78.9 Å². The standard InChI is InChI=1S/C15H27BO6/c1-13(2,3)10(17)20-16(21-11(18)14(4,5)6)22-12(19)15(7,8)9/h1-9H3/q-1. The molecule has 127 valence electrons. The van der Waals surface area contributed by atoms with Gasteiger partial charge in [-0.05, 0) is 62.3 Å². The SMILES string of the molecule is CC(C)(C)C(=O)O[B-](OC(=O)C(C)(C)C)OC(=O)C(C)(C)C. The first-order valence-corrected chi connectivity index (χ1v) is 7.18. The summed E-state index contributed by atoms with van der Waals surface area (Å²) >= 11 is 0. The van der Waals surface area contributed by atoms with Gasteiger partial charge in [0.05, 0.1) is 16.2 Å². The van der Waals surface area contributed by atoms with Crippen molar-refractivity contribution in [3.63, 3.8) is 0 Å². The quantitative estimate of drug-likeness (QED) is 0.745. The van der Waals surface area contributed by atoms with E-state index in [9.17, 15) is 14.4 Å². The molecule has 0 atom stereocenters. The molecule has 0 amide bonds. The Morgan fingerprint density at radius 3 is 0.864 bits per heavy atom. The zero-order chi connectivity index (χ0) is 17.9. The van der Waals surface area contributed by atoms with Crippen molar-refractivity contribution in [3.05, 3.63) is 0 Å². The van der Waals surface area contributed by atoms with Gasteiger partial charge in [-0.1, -0.05) is 0 Å². The third kappa shape index (κ3) is 6.96. The summed E-state index contributed by atoms with van der Waals surface area (Å²) in [5.74, 6) is -1.91. The number of hydrogen-bond acceptors (Lipinski definition) is 6. The molecule has 0 heterocycles. The summed E-state index contributed by atoms with van der Waals surface area (Å²) in [6, 6.07) is 0. The van der Waals surface area contributed by atoms with Gasteiger partial charge in [0.1, 0.15) is 0 Å². The average Bonchev–Trinajstić information content (AvgIpc) is 2.24. The van der Waals surface area contributed by atoms with Gasteiger partial charge in [0.25, 0.3) is 17.9 Å². The molecule has 0 saturated heterocycles. The first kappa shape index (κ1) is 20.5. The second kappa shape index (κ2) is 6.71. The molecule has 0 aliphatic rings. The lowest BCUT2D eigenvalue weighted by Gasteiger charge is -2.36. The summed E-state index contributed by atoms with van der Waals surface area (Å²) < 4.78 is 15.1. The van der Waals surface area contributed by atoms with E-state index in [2.05, 4.69) is 0 Å². The minimum atomic E-state index is -1.69. The van der Waals surface area contributed by atoms with Crippen molar-refractivity contribution >= 4 is 25.2 Å². The molecule has 0 aromatic rings. The Labute approximate surface area is 133 Å². The molecule has 0 aliphatic carbocycles. The van der Waals surface area contributed by atoms with Gasteiger partial charge >= 0.3 is 7.32 Å². The second-order valence-electron chi connectivity index (χ2n) is 8.25. The van der Waals surface area contributed by atoms with Crippen molar-refractivity contribution in [1.82, 2.24) is 0 Å². The van der Waals surface area contributed by atoms with Gasteiger partial charge in [-0.25, -0.2) is 0 Å². The van der Waals surface area contributed by atoms with E-state index in [1.165, 1.54) is 0 Å². The minimum absolute atomic E-state index is 0.638. The van der Waals surface area contributed by atoms with Crippen molar-refractivity contribution < 1.29 is 28.3 Å². The van der Waals surface area contributed by atoms with E-state index in [1.54, 1.807) is 62.3 Å². The Hall–Kier alpha value is -1.53. The van der Waals surface area contributed by atoms with E-state index < -0.39 is 41.5 Å². The minimum Gasteiger partial charge on any atom is -0.642 e. The zero-order valence-electron chi connectivity index (χ0n) is 15.0. The van der Waals surface area contributed by atoms with Crippen LogP contribution in [0.25, 0.3) is 0 Å². The van der Waals surface area contributed by atoms with Gasteiger partial charge in [-0.15, -0.1) is 0 Å². The van der Waals surface area contributed by atoms with Crippen LogP contribution in [0.15, 0.2) is 0 Å². The summed E-state index contributed by atoms with van der Waals surface area (Å²) in [7, 11) is -1.69. The van der Waals surface area contributed by atoms with Gasteiger partial charge in [0.15, 0.2) is 0 Å². The molecule has 0 rings (SSSR count). The highest BCUT2D eigenvalue weighted by Crippen LogP contribution is 2.21. The van der Waals surface area contributed by atoms with Crippen LogP contribution in [-0.2, 0) is 28.3 Å². The highest BCUT2D eigenvalue weighted by atomic mass is 16.8. The van der Waals surface area contributed by atoms with Gasteiger partial charge in [0.2, 0.25) is 0 Å². The first-order chi connectivity index (χ1) is 9.55. The molecule has 1 radical (unpaired) electrons. The summed E-state index contributed by atoms with van der Waals surface area (Å²) in [5, 5.41) is 0. The predicted octanol–water partition coefficient (Wildman–Crippen LogP) is 2.74. The van der Waals surface area contributed by atoms with Crippen molar-refractivity contribution in [2.45, 2.75) is 62.3 Å². The van der Waals surface area contributed by atoms with E-state index in [4.69, 9.17) is 14.0 Å². The van der Waals surface area contributed by atoms with Crippen molar-refractivity contribution in [2.24, 2.45) is 16.2 Å². The monoisotopic (exact) mass is 314 g/mol. The number of carbonyl (C=O) groups is 3. The van der Waals surface area contributed by atoms with E-state index in [1.807, 2.05) is 0 Å². The second-order valence-corrected chi connectivity index (χ2v) is 8.25. The molecule has 7 heteroatoms. The maximum absolute atomic E-state index is 11.9. The van der Waals surface area contributed by atoms with Crippen LogP contribution in [0.2, 0.25) is 0 Å². The summed E-state index contributed by atoms with van der Waals surface area (Å²) in [6.07, 6.45) is 0. The van der Waals surface area contributed by atoms with Crippen LogP contribution in [0.4, 0.5) is 0 Å². The van der Waals surface area contributed by atoms with Crippen molar-refractivity contribution in [1.29, 1.82) is 0 Å². The molecule has 0 aromatic heterocycles. The highest BCUT2D eigenvalue weighted by molar-refractivity contribution is 6.44. The van der Waals surface area contributed by atoms with E-state index in [-0.39, 0.29) is 0 Å². The molecule has 22 heavy (non-hydrogen) atoms. The summed E-state index contributed by atoms with van der Waals surface area (Å²) in [5.41, 5.74) is -2.46. The molecule has 0 unspecified atom stereocenters. The van der Waals surface area contributed by atoms with Crippen LogP contribution in [-0.4, -0.2) is 25.2 Å². The van der Waals surface area contributed by atoms with E-state index >= 15 is 0 Å². The van der Waals surface area contributed by atoms with Crippen LogP contribution in [0.5, 0.6) is 0 Å². The number of hydrogen-bond donors (Lipinski definition) is 0. The largest absolute Gasteiger partial charge is 0.642 e. The normalized spacial score (nSPS) is 12.8. The lowest BCUT2D eigenvalue weighted by Crippen LogP contribution is -2.42. The average molecular weight is 314 g/mol. The highest BCUT2D eigenvalue weighted by Gasteiger charge is 2.31. The molecule has 0 aliphatic heterocycles. The fourth-order valence-electron chi connectivity index (χ4n) is 0.865. The lowest BCUT2D eigenvalue weighted by atomic mass is 9.94. The molecule has 0 N–H and O–H groups in total. The third-order valence-electron chi connectivity index (χ3n) is 2.45. The molecule has 0 saturated carbocycles. The fraction of sp³-hybridized carbons (Fsp3) is 0.800. The van der Waals surface area contributed by atoms with Crippen LogP contribution in [0.1, 0.15) is 62.3 Å². The van der Waals surface area contributed by atoms with Crippen molar-refractivity contribution in [3.8, 4) is 0 Å². The molecule has 0 aromatic carbocycles. The molecule has 0 fully saturated rings.